The largest absolute Gasteiger partial charge is 0.308 e. The number of hydrogen-bond acceptors (Lipinski definition) is 4. The Morgan fingerprint density at radius 3 is 2.95 bits per heavy atom. The van der Waals surface area contributed by atoms with Gasteiger partial charge in [0.05, 0.1) is 0 Å². The molecular weight excluding hydrogens is 254 g/mol. The first-order chi connectivity index (χ1) is 9.19. The topological polar surface area (TPSA) is 28.2 Å². The van der Waals surface area contributed by atoms with Gasteiger partial charge in [0.2, 0.25) is 0 Å². The molecule has 108 valence electrons. The van der Waals surface area contributed by atoms with Crippen LogP contribution in [-0.2, 0) is 13.0 Å². The van der Waals surface area contributed by atoms with Gasteiger partial charge in [0, 0.05) is 29.7 Å². The third kappa shape index (κ3) is 4.55. The SMILES string of the molecule is CCc1cnc(CNC2CCCN(C(C)C)CC2)s1. The standard InChI is InChI=1S/C15H27N3S/c1-4-14-10-17-15(19-14)11-16-13-6-5-8-18(9-7-13)12(2)3/h10,12-13,16H,4-9,11H2,1-3H3. The summed E-state index contributed by atoms with van der Waals surface area (Å²) in [5, 5.41) is 4.93. The molecule has 2 heterocycles. The molecule has 1 atom stereocenters. The number of aryl methyl sites for hydroxylation is 1. The zero-order valence-electron chi connectivity index (χ0n) is 12.5. The van der Waals surface area contributed by atoms with E-state index in [1.807, 2.05) is 17.5 Å². The monoisotopic (exact) mass is 281 g/mol. The zero-order valence-corrected chi connectivity index (χ0v) is 13.3. The van der Waals surface area contributed by atoms with Crippen molar-refractivity contribution in [1.29, 1.82) is 0 Å². The highest BCUT2D eigenvalue weighted by Gasteiger charge is 2.18. The van der Waals surface area contributed by atoms with Gasteiger partial charge < -0.3 is 10.2 Å². The summed E-state index contributed by atoms with van der Waals surface area (Å²) >= 11 is 1.85. The lowest BCUT2D eigenvalue weighted by Crippen LogP contribution is -2.33. The molecule has 0 aliphatic carbocycles. The average Bonchev–Trinajstić information content (AvgIpc) is 2.72. The minimum atomic E-state index is 0.665. The van der Waals surface area contributed by atoms with Crippen molar-refractivity contribution in [2.45, 2.75) is 65.1 Å². The summed E-state index contributed by atoms with van der Waals surface area (Å²) in [6, 6.07) is 1.35. The molecule has 1 aromatic heterocycles. The van der Waals surface area contributed by atoms with Crippen molar-refractivity contribution in [2.24, 2.45) is 0 Å². The van der Waals surface area contributed by atoms with E-state index in [-0.39, 0.29) is 0 Å². The molecule has 1 N–H and O–H groups in total. The molecule has 4 heteroatoms. The number of nitrogens with zero attached hydrogens (tertiary/aromatic N) is 2. The first kappa shape index (κ1) is 14.9. The fourth-order valence-electron chi connectivity index (χ4n) is 2.66. The third-order valence-electron chi connectivity index (χ3n) is 3.98. The molecule has 1 saturated heterocycles. The fraction of sp³-hybridized carbons (Fsp3) is 0.800. The summed E-state index contributed by atoms with van der Waals surface area (Å²) in [7, 11) is 0. The summed E-state index contributed by atoms with van der Waals surface area (Å²) in [4.78, 5) is 8.47. The van der Waals surface area contributed by atoms with Gasteiger partial charge in [-0.15, -0.1) is 11.3 Å². The Labute approximate surface area is 121 Å². The van der Waals surface area contributed by atoms with Gasteiger partial charge in [-0.2, -0.15) is 0 Å². The fourth-order valence-corrected chi connectivity index (χ4v) is 3.48. The van der Waals surface area contributed by atoms with E-state index in [1.54, 1.807) is 0 Å². The molecule has 2 rings (SSSR count). The van der Waals surface area contributed by atoms with Crippen molar-refractivity contribution >= 4 is 11.3 Å². The molecule has 1 aliphatic rings. The van der Waals surface area contributed by atoms with E-state index in [2.05, 4.69) is 36.0 Å². The van der Waals surface area contributed by atoms with Crippen LogP contribution in [0, 0.1) is 0 Å². The molecular formula is C15H27N3S. The lowest BCUT2D eigenvalue weighted by atomic mass is 10.1. The van der Waals surface area contributed by atoms with Crippen LogP contribution in [0.2, 0.25) is 0 Å². The Kier molecular flexibility index (Phi) is 5.79. The van der Waals surface area contributed by atoms with Gasteiger partial charge in [-0.05, 0) is 52.6 Å². The molecule has 0 bridgehead atoms. The molecule has 19 heavy (non-hydrogen) atoms. The molecule has 1 aromatic rings. The van der Waals surface area contributed by atoms with Crippen molar-refractivity contribution in [3.63, 3.8) is 0 Å². The number of hydrogen-bond donors (Lipinski definition) is 1. The van der Waals surface area contributed by atoms with Crippen LogP contribution in [0.3, 0.4) is 0 Å². The van der Waals surface area contributed by atoms with Crippen LogP contribution in [0.25, 0.3) is 0 Å². The zero-order chi connectivity index (χ0) is 13.7. The van der Waals surface area contributed by atoms with Crippen LogP contribution in [0.5, 0.6) is 0 Å². The minimum Gasteiger partial charge on any atom is -0.308 e. The number of rotatable bonds is 5. The molecule has 0 radical (unpaired) electrons. The quantitative estimate of drug-likeness (QED) is 0.899. The number of thiazole rings is 1. The normalized spacial score (nSPS) is 21.8. The van der Waals surface area contributed by atoms with Gasteiger partial charge in [-0.3, -0.25) is 0 Å². The Morgan fingerprint density at radius 1 is 1.42 bits per heavy atom. The van der Waals surface area contributed by atoms with E-state index >= 15 is 0 Å². The molecule has 1 aliphatic heterocycles. The van der Waals surface area contributed by atoms with Gasteiger partial charge in [0.1, 0.15) is 5.01 Å². The molecule has 0 spiro atoms. The van der Waals surface area contributed by atoms with Crippen molar-refractivity contribution in [1.82, 2.24) is 15.2 Å². The van der Waals surface area contributed by atoms with Crippen LogP contribution >= 0.6 is 11.3 Å². The predicted octanol–water partition coefficient (Wildman–Crippen LogP) is 3.06. The van der Waals surface area contributed by atoms with Crippen molar-refractivity contribution < 1.29 is 0 Å². The minimum absolute atomic E-state index is 0.665. The highest BCUT2D eigenvalue weighted by molar-refractivity contribution is 7.11. The molecule has 0 aromatic carbocycles. The third-order valence-corrected chi connectivity index (χ3v) is 5.13. The summed E-state index contributed by atoms with van der Waals surface area (Å²) in [5.41, 5.74) is 0. The van der Waals surface area contributed by atoms with Crippen LogP contribution in [0.1, 0.15) is 49.9 Å². The number of nitrogens with one attached hydrogen (secondary N) is 1. The van der Waals surface area contributed by atoms with E-state index in [0.717, 1.165) is 13.0 Å². The molecule has 3 nitrogen and oxygen atoms in total. The second kappa shape index (κ2) is 7.36. The van der Waals surface area contributed by atoms with Gasteiger partial charge >= 0.3 is 0 Å². The Morgan fingerprint density at radius 2 is 2.26 bits per heavy atom. The Bertz CT molecular complexity index is 375. The lowest BCUT2D eigenvalue weighted by molar-refractivity contribution is 0.229. The van der Waals surface area contributed by atoms with E-state index < -0.39 is 0 Å². The van der Waals surface area contributed by atoms with Crippen LogP contribution in [0.15, 0.2) is 6.20 Å². The maximum Gasteiger partial charge on any atom is 0.107 e. The molecule has 0 amide bonds. The smallest absolute Gasteiger partial charge is 0.107 e. The average molecular weight is 281 g/mol. The van der Waals surface area contributed by atoms with Gasteiger partial charge in [-0.25, -0.2) is 4.98 Å². The Balaban J connectivity index is 1.77. The summed E-state index contributed by atoms with van der Waals surface area (Å²) in [5.74, 6) is 0. The summed E-state index contributed by atoms with van der Waals surface area (Å²) in [6.45, 7) is 10.2. The van der Waals surface area contributed by atoms with Crippen LogP contribution in [-0.4, -0.2) is 35.1 Å². The van der Waals surface area contributed by atoms with Crippen LogP contribution < -0.4 is 5.32 Å². The molecule has 1 fully saturated rings. The van der Waals surface area contributed by atoms with E-state index in [1.165, 1.54) is 42.2 Å². The first-order valence-corrected chi connectivity index (χ1v) is 8.41. The van der Waals surface area contributed by atoms with E-state index in [0.29, 0.717) is 12.1 Å². The van der Waals surface area contributed by atoms with Crippen LogP contribution in [0.4, 0.5) is 0 Å². The van der Waals surface area contributed by atoms with Gasteiger partial charge in [0.15, 0.2) is 0 Å². The van der Waals surface area contributed by atoms with E-state index in [4.69, 9.17) is 0 Å². The first-order valence-electron chi connectivity index (χ1n) is 7.60. The summed E-state index contributed by atoms with van der Waals surface area (Å²) in [6.07, 6.45) is 7.01. The summed E-state index contributed by atoms with van der Waals surface area (Å²) < 4.78 is 0. The molecule has 0 saturated carbocycles. The highest BCUT2D eigenvalue weighted by Crippen LogP contribution is 2.16. The van der Waals surface area contributed by atoms with Gasteiger partial charge in [-0.1, -0.05) is 6.92 Å². The van der Waals surface area contributed by atoms with Crippen molar-refractivity contribution in [2.75, 3.05) is 13.1 Å². The second-order valence-electron chi connectivity index (χ2n) is 5.71. The lowest BCUT2D eigenvalue weighted by Gasteiger charge is -2.24. The van der Waals surface area contributed by atoms with Crippen molar-refractivity contribution in [3.8, 4) is 0 Å². The van der Waals surface area contributed by atoms with Gasteiger partial charge in [0.25, 0.3) is 0 Å². The highest BCUT2D eigenvalue weighted by atomic mass is 32.1. The predicted molar refractivity (Wildman–Crippen MR) is 82.7 cm³/mol. The maximum absolute atomic E-state index is 4.48. The van der Waals surface area contributed by atoms with Crippen molar-refractivity contribution in [3.05, 3.63) is 16.1 Å². The number of likely N-dealkylation sites (tertiary alicyclic amines) is 1. The molecule has 1 unspecified atom stereocenters. The Hall–Kier alpha value is -0.450. The maximum atomic E-state index is 4.48. The second-order valence-corrected chi connectivity index (χ2v) is 6.91. The van der Waals surface area contributed by atoms with E-state index in [9.17, 15) is 0 Å². The number of aromatic nitrogens is 1.